The summed E-state index contributed by atoms with van der Waals surface area (Å²) >= 11 is 5.13. The number of hydrogen-bond donors (Lipinski definition) is 3. The van der Waals surface area contributed by atoms with Crippen LogP contribution < -0.4 is 15.5 Å². The average Bonchev–Trinajstić information content (AvgIpc) is 2.57. The number of carboxylic acids is 1. The Hall–Kier alpha value is -2.93. The highest BCUT2D eigenvalue weighted by molar-refractivity contribution is 7.80. The van der Waals surface area contributed by atoms with Crippen LogP contribution in [0.3, 0.4) is 0 Å². The summed E-state index contributed by atoms with van der Waals surface area (Å²) in [5, 5.41) is 16.2. The van der Waals surface area contributed by atoms with Crippen molar-refractivity contribution in [1.82, 2.24) is 5.43 Å². The van der Waals surface area contributed by atoms with E-state index < -0.39 is 12.1 Å². The molecule has 0 aliphatic heterocycles. The van der Waals surface area contributed by atoms with E-state index in [4.69, 9.17) is 22.1 Å². The van der Waals surface area contributed by atoms with Crippen molar-refractivity contribution in [2.45, 2.75) is 13.0 Å². The molecule has 0 heterocycles. The first-order valence-corrected chi connectivity index (χ1v) is 7.60. The number of aliphatic carboxylic acids is 1. The van der Waals surface area contributed by atoms with Gasteiger partial charge in [-0.3, -0.25) is 5.43 Å². The first-order chi connectivity index (χ1) is 11.5. The van der Waals surface area contributed by atoms with Crippen LogP contribution in [0.15, 0.2) is 59.7 Å². The normalized spacial score (nSPS) is 11.7. The van der Waals surface area contributed by atoms with Crippen LogP contribution in [0, 0.1) is 0 Å². The number of rotatable bonds is 6. The lowest BCUT2D eigenvalue weighted by atomic mass is 10.2. The molecule has 3 N–H and O–H groups in total. The molecule has 2 rings (SSSR count). The maximum absolute atomic E-state index is 10.7. The summed E-state index contributed by atoms with van der Waals surface area (Å²) in [6, 6.07) is 16.4. The van der Waals surface area contributed by atoms with Gasteiger partial charge in [-0.05, 0) is 61.1 Å². The van der Waals surface area contributed by atoms with Gasteiger partial charge >= 0.3 is 5.97 Å². The van der Waals surface area contributed by atoms with Gasteiger partial charge in [0, 0.05) is 5.69 Å². The highest BCUT2D eigenvalue weighted by atomic mass is 32.1. The molecule has 124 valence electrons. The molecule has 0 saturated carbocycles. The van der Waals surface area contributed by atoms with Crippen LogP contribution in [-0.2, 0) is 4.79 Å². The summed E-state index contributed by atoms with van der Waals surface area (Å²) in [5.74, 6) is -0.527. The highest BCUT2D eigenvalue weighted by Crippen LogP contribution is 2.13. The summed E-state index contributed by atoms with van der Waals surface area (Å²) in [6.07, 6.45) is 0.705. The smallest absolute Gasteiger partial charge is 0.344 e. The van der Waals surface area contributed by atoms with Gasteiger partial charge in [-0.1, -0.05) is 18.2 Å². The molecule has 2 aromatic rings. The zero-order valence-corrected chi connectivity index (χ0v) is 13.8. The number of benzene rings is 2. The predicted octanol–water partition coefficient (Wildman–Crippen LogP) is 2.86. The monoisotopic (exact) mass is 343 g/mol. The average molecular weight is 343 g/mol. The second-order valence-electron chi connectivity index (χ2n) is 4.86. The van der Waals surface area contributed by atoms with Crippen molar-refractivity contribution in [1.29, 1.82) is 0 Å². The fraction of sp³-hybridized carbons (Fsp3) is 0.118. The minimum atomic E-state index is -1.01. The third kappa shape index (κ3) is 5.69. The Morgan fingerprint density at radius 1 is 1.21 bits per heavy atom. The van der Waals surface area contributed by atoms with Crippen LogP contribution in [0.5, 0.6) is 5.75 Å². The third-order valence-corrected chi connectivity index (χ3v) is 3.15. The quantitative estimate of drug-likeness (QED) is 0.425. The molecule has 0 bridgehead atoms. The maximum atomic E-state index is 10.7. The summed E-state index contributed by atoms with van der Waals surface area (Å²) in [6.45, 7) is 1.47. The number of nitrogens with one attached hydrogen (secondary N) is 2. The van der Waals surface area contributed by atoms with Crippen molar-refractivity contribution in [3.05, 3.63) is 60.2 Å². The second-order valence-corrected chi connectivity index (χ2v) is 5.27. The van der Waals surface area contributed by atoms with Crippen molar-refractivity contribution in [3.63, 3.8) is 0 Å². The van der Waals surface area contributed by atoms with Gasteiger partial charge in [0.15, 0.2) is 11.2 Å². The van der Waals surface area contributed by atoms with Gasteiger partial charge in [0.25, 0.3) is 0 Å². The Labute approximate surface area is 145 Å². The van der Waals surface area contributed by atoms with Gasteiger partial charge in [0.05, 0.1) is 6.21 Å². The largest absolute Gasteiger partial charge is 0.479 e. The molecule has 0 aliphatic carbocycles. The number of hydrazone groups is 1. The van der Waals surface area contributed by atoms with Crippen molar-refractivity contribution in [3.8, 4) is 5.75 Å². The van der Waals surface area contributed by atoms with E-state index in [-0.39, 0.29) is 0 Å². The highest BCUT2D eigenvalue weighted by Gasteiger charge is 2.11. The maximum Gasteiger partial charge on any atom is 0.344 e. The Bertz CT molecular complexity index is 718. The number of anilines is 1. The Morgan fingerprint density at radius 2 is 1.88 bits per heavy atom. The molecule has 6 nitrogen and oxygen atoms in total. The van der Waals surface area contributed by atoms with Crippen molar-refractivity contribution < 1.29 is 14.6 Å². The predicted molar refractivity (Wildman–Crippen MR) is 97.6 cm³/mol. The van der Waals surface area contributed by atoms with Crippen LogP contribution in [0.4, 0.5) is 5.69 Å². The molecule has 0 radical (unpaired) electrons. The van der Waals surface area contributed by atoms with Crippen LogP contribution in [-0.4, -0.2) is 28.5 Å². The standard InChI is InChI=1S/C17H17N3O3S/c1-12(16(21)22)23-15-9-7-13(8-10-15)11-18-20-17(24)19-14-5-3-2-4-6-14/h2-12H,1H3,(H,21,22)(H2,19,20,24)/b18-11+. The third-order valence-electron chi connectivity index (χ3n) is 2.95. The number of ether oxygens (including phenoxy) is 1. The Kier molecular flexibility index (Phi) is 6.27. The molecule has 0 fully saturated rings. The van der Waals surface area contributed by atoms with Gasteiger partial charge in [0.2, 0.25) is 0 Å². The lowest BCUT2D eigenvalue weighted by Gasteiger charge is -2.10. The van der Waals surface area contributed by atoms with Gasteiger partial charge in [0.1, 0.15) is 5.75 Å². The van der Waals surface area contributed by atoms with E-state index in [1.54, 1.807) is 30.5 Å². The van der Waals surface area contributed by atoms with E-state index in [9.17, 15) is 4.79 Å². The number of hydrogen-bond acceptors (Lipinski definition) is 4. The molecule has 7 heteroatoms. The van der Waals surface area contributed by atoms with Crippen molar-refractivity contribution >= 4 is 35.2 Å². The molecular weight excluding hydrogens is 326 g/mol. The van der Waals surface area contributed by atoms with E-state index in [2.05, 4.69) is 15.8 Å². The number of thiocarbonyl (C=S) groups is 1. The molecule has 1 atom stereocenters. The summed E-state index contributed by atoms with van der Waals surface area (Å²) in [4.78, 5) is 10.7. The fourth-order valence-electron chi connectivity index (χ4n) is 1.73. The molecule has 24 heavy (non-hydrogen) atoms. The van der Waals surface area contributed by atoms with Gasteiger partial charge in [-0.15, -0.1) is 0 Å². The molecule has 0 spiro atoms. The van der Waals surface area contributed by atoms with E-state index in [0.717, 1.165) is 11.3 Å². The first kappa shape index (κ1) is 17.4. The number of para-hydroxylation sites is 1. The van der Waals surface area contributed by atoms with E-state index in [1.165, 1.54) is 6.92 Å². The summed E-state index contributed by atoms with van der Waals surface area (Å²) in [7, 11) is 0. The van der Waals surface area contributed by atoms with E-state index in [1.807, 2.05) is 30.3 Å². The van der Waals surface area contributed by atoms with Crippen LogP contribution in [0.1, 0.15) is 12.5 Å². The van der Waals surface area contributed by atoms with Gasteiger partial charge in [-0.2, -0.15) is 5.10 Å². The molecule has 1 unspecified atom stereocenters. The fourth-order valence-corrected chi connectivity index (χ4v) is 1.90. The lowest BCUT2D eigenvalue weighted by Crippen LogP contribution is -2.23. The van der Waals surface area contributed by atoms with E-state index in [0.29, 0.717) is 10.9 Å². The van der Waals surface area contributed by atoms with E-state index >= 15 is 0 Å². The number of carbonyl (C=O) groups is 1. The molecule has 0 aliphatic rings. The first-order valence-electron chi connectivity index (χ1n) is 7.19. The minimum absolute atomic E-state index is 0.382. The minimum Gasteiger partial charge on any atom is -0.479 e. The molecule has 0 saturated heterocycles. The van der Waals surface area contributed by atoms with Gasteiger partial charge in [-0.25, -0.2) is 4.79 Å². The molecule has 2 aromatic carbocycles. The zero-order valence-electron chi connectivity index (χ0n) is 13.0. The Balaban J connectivity index is 1.83. The lowest BCUT2D eigenvalue weighted by molar-refractivity contribution is -0.144. The topological polar surface area (TPSA) is 83.0 Å². The van der Waals surface area contributed by atoms with Gasteiger partial charge < -0.3 is 15.2 Å². The summed E-state index contributed by atoms with van der Waals surface area (Å²) in [5.41, 5.74) is 4.42. The Morgan fingerprint density at radius 3 is 2.50 bits per heavy atom. The van der Waals surface area contributed by atoms with Crippen LogP contribution in [0.25, 0.3) is 0 Å². The van der Waals surface area contributed by atoms with Crippen molar-refractivity contribution in [2.75, 3.05) is 5.32 Å². The molecule has 0 aromatic heterocycles. The van der Waals surface area contributed by atoms with Crippen molar-refractivity contribution in [2.24, 2.45) is 5.10 Å². The summed E-state index contributed by atoms with van der Waals surface area (Å²) < 4.78 is 5.25. The molecule has 0 amide bonds. The van der Waals surface area contributed by atoms with Crippen LogP contribution >= 0.6 is 12.2 Å². The molecular formula is C17H17N3O3S. The zero-order chi connectivity index (χ0) is 17.4. The SMILES string of the molecule is CC(Oc1ccc(/C=N/NC(=S)Nc2ccccc2)cc1)C(=O)O. The second kappa shape index (κ2) is 8.64. The number of carboxylic acid groups (broad SMARTS) is 1. The number of nitrogens with zero attached hydrogens (tertiary/aromatic N) is 1. The van der Waals surface area contributed by atoms with Crippen LogP contribution in [0.2, 0.25) is 0 Å².